The molecule has 56 valence electrons. The Morgan fingerprint density at radius 1 is 1.50 bits per heavy atom. The lowest BCUT2D eigenvalue weighted by atomic mass is 10.7. The Balaban J connectivity index is 3.21. The Labute approximate surface area is 62.6 Å². The maximum Gasteiger partial charge on any atom is 0.271 e. The van der Waals surface area contributed by atoms with Crippen LogP contribution in [-0.2, 0) is 10.0 Å². The van der Waals surface area contributed by atoms with Crippen LogP contribution in [0.4, 0.5) is 0 Å². The van der Waals surface area contributed by atoms with Gasteiger partial charge in [0.05, 0.1) is 0 Å². The first-order valence-electron chi connectivity index (χ1n) is 2.28. The van der Waals surface area contributed by atoms with Gasteiger partial charge in [0.15, 0.2) is 5.22 Å². The van der Waals surface area contributed by atoms with Crippen molar-refractivity contribution in [2.45, 2.75) is 5.09 Å². The summed E-state index contributed by atoms with van der Waals surface area (Å²) in [6.07, 6.45) is 0. The third kappa shape index (κ3) is 1.50. The Morgan fingerprint density at radius 2 is 2.10 bits per heavy atom. The van der Waals surface area contributed by atoms with E-state index in [4.69, 9.17) is 11.6 Å². The lowest BCUT2D eigenvalue weighted by Gasteiger charge is -1.87. The van der Waals surface area contributed by atoms with Crippen molar-refractivity contribution in [3.8, 4) is 0 Å². The molecule has 1 heterocycles. The van der Waals surface area contributed by atoms with Crippen molar-refractivity contribution in [1.82, 2.24) is 0 Å². The minimum atomic E-state index is -3.73. The number of hydrogen-bond donors (Lipinski definition) is 1. The largest absolute Gasteiger partial charge is 0.432 e. The van der Waals surface area contributed by atoms with Gasteiger partial charge >= 0.3 is 0 Å². The normalized spacial score (nSPS) is 11.8. The SMILES string of the molecule is NS(=O)(=O)c1ccc(Cl)o1. The summed E-state index contributed by atoms with van der Waals surface area (Å²) in [4.78, 5) is 0. The molecule has 2 N–H and O–H groups in total. The van der Waals surface area contributed by atoms with Gasteiger partial charge in [0, 0.05) is 0 Å². The van der Waals surface area contributed by atoms with Crippen LogP contribution in [0.2, 0.25) is 5.22 Å². The maximum absolute atomic E-state index is 10.5. The van der Waals surface area contributed by atoms with Crippen molar-refractivity contribution in [3.05, 3.63) is 17.4 Å². The molecule has 1 rings (SSSR count). The summed E-state index contributed by atoms with van der Waals surface area (Å²) >= 11 is 5.28. The zero-order chi connectivity index (χ0) is 7.78. The molecule has 0 aromatic carbocycles. The predicted octanol–water partition coefficient (Wildman–Crippen LogP) is 0.580. The second kappa shape index (κ2) is 2.26. The average molecular weight is 182 g/mol. The topological polar surface area (TPSA) is 73.3 Å². The Morgan fingerprint density at radius 3 is 2.30 bits per heavy atom. The minimum absolute atomic E-state index is 0.00373. The smallest absolute Gasteiger partial charge is 0.271 e. The van der Waals surface area contributed by atoms with E-state index in [0.717, 1.165) is 0 Å². The molecule has 0 saturated heterocycles. The van der Waals surface area contributed by atoms with Gasteiger partial charge in [-0.2, -0.15) is 0 Å². The van der Waals surface area contributed by atoms with Gasteiger partial charge in [-0.1, -0.05) is 0 Å². The zero-order valence-electron chi connectivity index (χ0n) is 4.74. The second-order valence-electron chi connectivity index (χ2n) is 1.60. The predicted molar refractivity (Wildman–Crippen MR) is 35.1 cm³/mol. The third-order valence-corrected chi connectivity index (χ3v) is 1.81. The first-order chi connectivity index (χ1) is 4.50. The highest BCUT2D eigenvalue weighted by atomic mass is 35.5. The molecule has 4 nitrogen and oxygen atoms in total. The van der Waals surface area contributed by atoms with Crippen LogP contribution in [0.5, 0.6) is 0 Å². The fourth-order valence-corrected chi connectivity index (χ4v) is 1.11. The van der Waals surface area contributed by atoms with Crippen molar-refractivity contribution in [3.63, 3.8) is 0 Å². The average Bonchev–Trinajstić information content (AvgIpc) is 2.11. The number of rotatable bonds is 1. The molecule has 0 fully saturated rings. The number of primary sulfonamides is 1. The molecule has 0 saturated carbocycles. The molecule has 0 spiro atoms. The van der Waals surface area contributed by atoms with Crippen LogP contribution in [0, 0.1) is 0 Å². The third-order valence-electron chi connectivity index (χ3n) is 0.829. The summed E-state index contributed by atoms with van der Waals surface area (Å²) < 4.78 is 25.4. The number of nitrogens with two attached hydrogens (primary N) is 1. The van der Waals surface area contributed by atoms with E-state index in [9.17, 15) is 8.42 Å². The highest BCUT2D eigenvalue weighted by Gasteiger charge is 2.11. The summed E-state index contributed by atoms with van der Waals surface area (Å²) in [7, 11) is -3.73. The first kappa shape index (κ1) is 7.59. The molecule has 0 aliphatic heterocycles. The molecule has 1 aromatic heterocycles. The molecule has 0 aliphatic carbocycles. The second-order valence-corrected chi connectivity index (χ2v) is 3.47. The fraction of sp³-hybridized carbons (Fsp3) is 0. The van der Waals surface area contributed by atoms with Gasteiger partial charge in [-0.05, 0) is 23.7 Å². The summed E-state index contributed by atoms with van der Waals surface area (Å²) in [5.74, 6) is 0. The molecule has 0 atom stereocenters. The van der Waals surface area contributed by atoms with Crippen LogP contribution < -0.4 is 5.14 Å². The number of sulfonamides is 1. The lowest BCUT2D eigenvalue weighted by molar-refractivity contribution is 0.452. The van der Waals surface area contributed by atoms with Gasteiger partial charge in [-0.15, -0.1) is 0 Å². The number of hydrogen-bond acceptors (Lipinski definition) is 3. The van der Waals surface area contributed by atoms with Crippen molar-refractivity contribution < 1.29 is 12.8 Å². The molecule has 0 radical (unpaired) electrons. The highest BCUT2D eigenvalue weighted by molar-refractivity contribution is 7.89. The quantitative estimate of drug-likeness (QED) is 0.689. The van der Waals surface area contributed by atoms with Crippen LogP contribution in [0.15, 0.2) is 21.6 Å². The van der Waals surface area contributed by atoms with Gasteiger partial charge in [0.1, 0.15) is 0 Å². The summed E-state index contributed by atoms with van der Waals surface area (Å²) in [6.45, 7) is 0. The molecule has 6 heteroatoms. The van der Waals surface area contributed by atoms with Crippen molar-refractivity contribution in [1.29, 1.82) is 0 Å². The lowest BCUT2D eigenvalue weighted by Crippen LogP contribution is -2.10. The first-order valence-corrected chi connectivity index (χ1v) is 4.21. The molecule has 0 amide bonds. The standard InChI is InChI=1S/C4H4ClNO3S/c5-3-1-2-4(9-3)10(6,7)8/h1-2H,(H2,6,7,8). The molecule has 1 aromatic rings. The van der Waals surface area contributed by atoms with Crippen molar-refractivity contribution in [2.75, 3.05) is 0 Å². The van der Waals surface area contributed by atoms with Crippen molar-refractivity contribution in [2.24, 2.45) is 5.14 Å². The van der Waals surface area contributed by atoms with Crippen LogP contribution in [0.3, 0.4) is 0 Å². The Hall–Kier alpha value is -0.520. The molecule has 0 bridgehead atoms. The molecular formula is C4H4ClNO3S. The maximum atomic E-state index is 10.5. The summed E-state index contributed by atoms with van der Waals surface area (Å²) in [5.41, 5.74) is 0. The van der Waals surface area contributed by atoms with Crippen LogP contribution in [-0.4, -0.2) is 8.42 Å². The highest BCUT2D eigenvalue weighted by Crippen LogP contribution is 2.15. The van der Waals surface area contributed by atoms with E-state index in [1.54, 1.807) is 0 Å². The van der Waals surface area contributed by atoms with Gasteiger partial charge in [-0.25, -0.2) is 13.6 Å². The molecule has 0 unspecified atom stereocenters. The van der Waals surface area contributed by atoms with E-state index < -0.39 is 10.0 Å². The minimum Gasteiger partial charge on any atom is -0.432 e. The molecule has 10 heavy (non-hydrogen) atoms. The summed E-state index contributed by atoms with van der Waals surface area (Å²) in [5, 5.41) is 4.37. The Kier molecular flexibility index (Phi) is 1.72. The van der Waals surface area contributed by atoms with E-state index in [1.165, 1.54) is 12.1 Å². The van der Waals surface area contributed by atoms with Crippen LogP contribution >= 0.6 is 11.6 Å². The van der Waals surface area contributed by atoms with Gasteiger partial charge in [-0.3, -0.25) is 0 Å². The van der Waals surface area contributed by atoms with E-state index >= 15 is 0 Å². The molecular weight excluding hydrogens is 178 g/mol. The number of furan rings is 1. The van der Waals surface area contributed by atoms with E-state index in [-0.39, 0.29) is 10.3 Å². The van der Waals surface area contributed by atoms with Crippen LogP contribution in [0.25, 0.3) is 0 Å². The van der Waals surface area contributed by atoms with Gasteiger partial charge in [0.25, 0.3) is 10.0 Å². The van der Waals surface area contributed by atoms with Crippen LogP contribution in [0.1, 0.15) is 0 Å². The van der Waals surface area contributed by atoms with E-state index in [1.807, 2.05) is 0 Å². The number of halogens is 1. The van der Waals surface area contributed by atoms with E-state index in [2.05, 4.69) is 9.56 Å². The fourth-order valence-electron chi connectivity index (χ4n) is 0.451. The summed E-state index contributed by atoms with van der Waals surface area (Å²) in [6, 6.07) is 2.50. The van der Waals surface area contributed by atoms with E-state index in [0.29, 0.717) is 0 Å². The zero-order valence-corrected chi connectivity index (χ0v) is 6.32. The van der Waals surface area contributed by atoms with Gasteiger partial charge in [0.2, 0.25) is 5.09 Å². The van der Waals surface area contributed by atoms with Crippen molar-refractivity contribution >= 4 is 21.6 Å². The molecule has 0 aliphatic rings. The Bertz CT molecular complexity index is 328. The monoisotopic (exact) mass is 181 g/mol. The van der Waals surface area contributed by atoms with Gasteiger partial charge < -0.3 is 4.42 Å².